The first kappa shape index (κ1) is 16.2. The van der Waals surface area contributed by atoms with Crippen molar-refractivity contribution < 1.29 is 23.9 Å². The zero-order chi connectivity index (χ0) is 15.7. The molecule has 1 aromatic carbocycles. The molecule has 0 aliphatic heterocycles. The van der Waals surface area contributed by atoms with Gasteiger partial charge >= 0.3 is 12.1 Å². The van der Waals surface area contributed by atoms with Crippen LogP contribution in [0.3, 0.4) is 0 Å². The zero-order valence-electron chi connectivity index (χ0n) is 11.5. The summed E-state index contributed by atoms with van der Waals surface area (Å²) < 4.78 is 9.42. The van der Waals surface area contributed by atoms with Crippen LogP contribution in [0.5, 0.6) is 0 Å². The minimum atomic E-state index is -0.833. The number of alkyl carbamates (subject to hydrolysis) is 1. The fraction of sp³-hybridized carbons (Fsp3) is 0.214. The molecular formula is C14H16N2O5. The maximum atomic E-state index is 11.6. The molecule has 21 heavy (non-hydrogen) atoms. The Morgan fingerprint density at radius 1 is 1.24 bits per heavy atom. The summed E-state index contributed by atoms with van der Waals surface area (Å²) in [6, 6.07) is 9.03. The van der Waals surface area contributed by atoms with Gasteiger partial charge in [-0.05, 0) is 11.6 Å². The number of ether oxygens (including phenoxy) is 2. The molecule has 0 heterocycles. The maximum Gasteiger partial charge on any atom is 0.412 e. The molecule has 0 atom stereocenters. The molecule has 7 heteroatoms. The second-order valence-electron chi connectivity index (χ2n) is 3.97. The van der Waals surface area contributed by atoms with E-state index in [1.165, 1.54) is 0 Å². The van der Waals surface area contributed by atoms with Gasteiger partial charge in [0.15, 0.2) is 0 Å². The molecule has 0 unspecified atom stereocenters. The zero-order valence-corrected chi connectivity index (χ0v) is 11.5. The number of nitrogens with one attached hydrogen (secondary N) is 1. The van der Waals surface area contributed by atoms with E-state index in [1.54, 1.807) is 12.1 Å². The van der Waals surface area contributed by atoms with E-state index in [9.17, 15) is 14.4 Å². The Kier molecular flexibility index (Phi) is 6.46. The van der Waals surface area contributed by atoms with Crippen molar-refractivity contribution in [2.24, 2.45) is 5.73 Å². The molecule has 0 aromatic heterocycles. The summed E-state index contributed by atoms with van der Waals surface area (Å²) >= 11 is 0. The van der Waals surface area contributed by atoms with Crippen molar-refractivity contribution in [3.63, 3.8) is 0 Å². The molecule has 1 aromatic rings. The molecule has 0 fully saturated rings. The van der Waals surface area contributed by atoms with Gasteiger partial charge in [-0.2, -0.15) is 0 Å². The van der Waals surface area contributed by atoms with Gasteiger partial charge in [0.1, 0.15) is 12.3 Å². The van der Waals surface area contributed by atoms with Gasteiger partial charge in [0.25, 0.3) is 0 Å². The highest BCUT2D eigenvalue weighted by atomic mass is 16.6. The van der Waals surface area contributed by atoms with Gasteiger partial charge in [-0.3, -0.25) is 10.1 Å². The number of benzene rings is 1. The lowest BCUT2D eigenvalue weighted by Gasteiger charge is -2.09. The summed E-state index contributed by atoms with van der Waals surface area (Å²) in [5, 5.41) is 2.21. The molecule has 0 aliphatic rings. The Balaban J connectivity index is 2.57. The summed E-state index contributed by atoms with van der Waals surface area (Å²) in [5.41, 5.74) is 5.57. The van der Waals surface area contributed by atoms with Crippen LogP contribution in [-0.4, -0.2) is 25.1 Å². The van der Waals surface area contributed by atoms with Crippen LogP contribution >= 0.6 is 0 Å². The van der Waals surface area contributed by atoms with Crippen molar-refractivity contribution >= 4 is 18.0 Å². The van der Waals surface area contributed by atoms with Gasteiger partial charge < -0.3 is 15.2 Å². The molecule has 0 radical (unpaired) electrons. The fourth-order valence-electron chi connectivity index (χ4n) is 1.37. The van der Waals surface area contributed by atoms with Crippen LogP contribution in [-0.2, 0) is 25.7 Å². The van der Waals surface area contributed by atoms with Crippen molar-refractivity contribution in [3.05, 3.63) is 47.7 Å². The molecule has 0 saturated heterocycles. The van der Waals surface area contributed by atoms with E-state index in [-0.39, 0.29) is 18.7 Å². The standard InChI is InChI=1S/C14H16N2O5/c1-20-13(18)11(7-8-12(15)17)16-14(19)21-9-10-5-3-2-4-6-10/h2-7H,8-9H2,1H3,(H2,15,17)(H,16,19)/b11-7-. The Morgan fingerprint density at radius 3 is 2.48 bits per heavy atom. The quantitative estimate of drug-likeness (QED) is 0.597. The van der Waals surface area contributed by atoms with Gasteiger partial charge in [0, 0.05) is 6.42 Å². The number of primary amides is 1. The van der Waals surface area contributed by atoms with E-state index >= 15 is 0 Å². The highest BCUT2D eigenvalue weighted by molar-refractivity contribution is 5.92. The molecule has 112 valence electrons. The molecule has 0 saturated carbocycles. The number of methoxy groups -OCH3 is 1. The normalized spacial score (nSPS) is 10.6. The Hall–Kier alpha value is -2.83. The second kappa shape index (κ2) is 8.36. The molecule has 0 bridgehead atoms. The lowest BCUT2D eigenvalue weighted by molar-refractivity contribution is -0.136. The van der Waals surface area contributed by atoms with E-state index in [0.717, 1.165) is 18.7 Å². The van der Waals surface area contributed by atoms with Crippen LogP contribution in [0.25, 0.3) is 0 Å². The van der Waals surface area contributed by atoms with Gasteiger partial charge in [-0.15, -0.1) is 0 Å². The van der Waals surface area contributed by atoms with Crippen molar-refractivity contribution in [2.75, 3.05) is 7.11 Å². The second-order valence-corrected chi connectivity index (χ2v) is 3.97. The lowest BCUT2D eigenvalue weighted by atomic mass is 10.2. The number of nitrogens with two attached hydrogens (primary N) is 1. The van der Waals surface area contributed by atoms with Crippen LogP contribution < -0.4 is 11.1 Å². The summed E-state index contributed by atoms with van der Waals surface area (Å²) in [4.78, 5) is 33.7. The third-order valence-electron chi connectivity index (χ3n) is 2.36. The number of rotatable bonds is 6. The molecule has 1 rings (SSSR count). The van der Waals surface area contributed by atoms with E-state index in [2.05, 4.69) is 10.1 Å². The maximum absolute atomic E-state index is 11.6. The van der Waals surface area contributed by atoms with Gasteiger partial charge in [0.2, 0.25) is 5.91 Å². The fourth-order valence-corrected chi connectivity index (χ4v) is 1.37. The minimum absolute atomic E-state index is 0.0525. The average Bonchev–Trinajstić information content (AvgIpc) is 2.49. The van der Waals surface area contributed by atoms with E-state index < -0.39 is 18.0 Å². The largest absolute Gasteiger partial charge is 0.464 e. The third-order valence-corrected chi connectivity index (χ3v) is 2.36. The molecular weight excluding hydrogens is 276 g/mol. The average molecular weight is 292 g/mol. The number of hydrogen-bond donors (Lipinski definition) is 2. The number of carbonyl (C=O) groups is 3. The molecule has 0 spiro atoms. The number of carbonyl (C=O) groups excluding carboxylic acids is 3. The topological polar surface area (TPSA) is 108 Å². The molecule has 2 amide bonds. The Morgan fingerprint density at radius 2 is 1.90 bits per heavy atom. The van der Waals surface area contributed by atoms with Crippen LogP contribution in [0.1, 0.15) is 12.0 Å². The first-order valence-corrected chi connectivity index (χ1v) is 6.07. The van der Waals surface area contributed by atoms with Gasteiger partial charge in [0.05, 0.1) is 7.11 Å². The lowest BCUT2D eigenvalue weighted by Crippen LogP contribution is -2.29. The SMILES string of the molecule is COC(=O)/C(=C/CC(N)=O)NC(=O)OCc1ccccc1. The molecule has 7 nitrogen and oxygen atoms in total. The van der Waals surface area contributed by atoms with E-state index in [1.807, 2.05) is 18.2 Å². The van der Waals surface area contributed by atoms with E-state index in [0.29, 0.717) is 0 Å². The van der Waals surface area contributed by atoms with Gasteiger partial charge in [-0.25, -0.2) is 9.59 Å². The van der Waals surface area contributed by atoms with Gasteiger partial charge in [-0.1, -0.05) is 30.3 Å². The van der Waals surface area contributed by atoms with Crippen molar-refractivity contribution in [2.45, 2.75) is 13.0 Å². The minimum Gasteiger partial charge on any atom is -0.464 e. The Bertz CT molecular complexity index is 540. The van der Waals surface area contributed by atoms with Crippen molar-refractivity contribution in [1.29, 1.82) is 0 Å². The Labute approximate surface area is 121 Å². The predicted octanol–water partition coefficient (Wildman–Crippen LogP) is 0.845. The number of amides is 2. The van der Waals surface area contributed by atoms with E-state index in [4.69, 9.17) is 10.5 Å². The summed E-state index contributed by atoms with van der Waals surface area (Å²) in [5.74, 6) is -1.44. The number of hydrogen-bond acceptors (Lipinski definition) is 5. The van der Waals surface area contributed by atoms with Crippen LogP contribution in [0.4, 0.5) is 4.79 Å². The summed E-state index contributed by atoms with van der Waals surface area (Å²) in [6.45, 7) is 0.0525. The van der Waals surface area contributed by atoms with Crippen LogP contribution in [0.2, 0.25) is 0 Å². The predicted molar refractivity (Wildman–Crippen MR) is 73.7 cm³/mol. The monoisotopic (exact) mass is 292 g/mol. The number of esters is 1. The smallest absolute Gasteiger partial charge is 0.412 e. The summed E-state index contributed by atoms with van der Waals surface area (Å²) in [6.07, 6.45) is 0.126. The first-order chi connectivity index (χ1) is 10.0. The van der Waals surface area contributed by atoms with Crippen molar-refractivity contribution in [1.82, 2.24) is 5.32 Å². The highest BCUT2D eigenvalue weighted by Crippen LogP contribution is 2.02. The highest BCUT2D eigenvalue weighted by Gasteiger charge is 2.14. The van der Waals surface area contributed by atoms with Crippen molar-refractivity contribution in [3.8, 4) is 0 Å². The van der Waals surface area contributed by atoms with Crippen LogP contribution in [0.15, 0.2) is 42.1 Å². The third kappa shape index (κ3) is 6.24. The summed E-state index contributed by atoms with van der Waals surface area (Å²) in [7, 11) is 1.15. The first-order valence-electron chi connectivity index (χ1n) is 6.07. The van der Waals surface area contributed by atoms with Crippen LogP contribution in [0, 0.1) is 0 Å². The molecule has 0 aliphatic carbocycles. The molecule has 3 N–H and O–H groups in total.